The van der Waals surface area contributed by atoms with E-state index in [0.29, 0.717) is 30.8 Å². The molecule has 23 heavy (non-hydrogen) atoms. The lowest BCUT2D eigenvalue weighted by Gasteiger charge is -2.20. The predicted octanol–water partition coefficient (Wildman–Crippen LogP) is 3.40. The number of halogens is 1. The van der Waals surface area contributed by atoms with Crippen LogP contribution in [0.5, 0.6) is 5.75 Å². The van der Waals surface area contributed by atoms with E-state index in [2.05, 4.69) is 10.6 Å². The fourth-order valence-electron chi connectivity index (χ4n) is 2.13. The SMILES string of the molecule is COc1cccc(F)c1C(C)NCCCNC(=O)OC(C)(C)C. The number of nitrogens with one attached hydrogen (secondary N) is 2. The second-order valence-corrected chi connectivity index (χ2v) is 6.31. The number of ether oxygens (including phenoxy) is 2. The van der Waals surface area contributed by atoms with Crippen LogP contribution in [-0.4, -0.2) is 31.9 Å². The first-order valence-corrected chi connectivity index (χ1v) is 7.77. The van der Waals surface area contributed by atoms with Gasteiger partial charge in [0.15, 0.2) is 0 Å². The summed E-state index contributed by atoms with van der Waals surface area (Å²) in [6, 6.07) is 4.59. The second kappa shape index (κ2) is 8.72. The molecule has 0 aromatic heterocycles. The van der Waals surface area contributed by atoms with Gasteiger partial charge < -0.3 is 20.1 Å². The summed E-state index contributed by atoms with van der Waals surface area (Å²) in [6.07, 6.45) is 0.279. The Morgan fingerprint density at radius 2 is 2.00 bits per heavy atom. The minimum atomic E-state index is -0.502. The molecule has 1 unspecified atom stereocenters. The highest BCUT2D eigenvalue weighted by molar-refractivity contribution is 5.67. The van der Waals surface area contributed by atoms with E-state index in [1.165, 1.54) is 13.2 Å². The summed E-state index contributed by atoms with van der Waals surface area (Å²) in [6.45, 7) is 8.45. The molecule has 0 fully saturated rings. The molecule has 5 nitrogen and oxygen atoms in total. The number of alkyl carbamates (subject to hydrolysis) is 1. The van der Waals surface area contributed by atoms with Crippen molar-refractivity contribution in [3.05, 3.63) is 29.6 Å². The predicted molar refractivity (Wildman–Crippen MR) is 88.2 cm³/mol. The summed E-state index contributed by atoms with van der Waals surface area (Å²) in [5, 5.41) is 5.91. The molecule has 1 aromatic rings. The average molecular weight is 326 g/mol. The highest BCUT2D eigenvalue weighted by atomic mass is 19.1. The van der Waals surface area contributed by atoms with Crippen LogP contribution in [0.25, 0.3) is 0 Å². The van der Waals surface area contributed by atoms with E-state index in [1.54, 1.807) is 12.1 Å². The lowest BCUT2D eigenvalue weighted by molar-refractivity contribution is 0.0527. The molecule has 1 atom stereocenters. The van der Waals surface area contributed by atoms with Gasteiger partial charge >= 0.3 is 6.09 Å². The summed E-state index contributed by atoms with van der Waals surface area (Å²) in [5.41, 5.74) is 0.00760. The standard InChI is InChI=1S/C17H27FN2O3/c1-12(15-13(18)8-6-9-14(15)22-5)19-10-7-11-20-16(21)23-17(2,3)4/h6,8-9,12,19H,7,10-11H2,1-5H3,(H,20,21). The normalized spacial score (nSPS) is 12.6. The Morgan fingerprint density at radius 1 is 1.30 bits per heavy atom. The average Bonchev–Trinajstić information content (AvgIpc) is 2.44. The third-order valence-electron chi connectivity index (χ3n) is 3.14. The van der Waals surface area contributed by atoms with Crippen molar-refractivity contribution in [2.75, 3.05) is 20.2 Å². The Labute approximate surface area is 137 Å². The highest BCUT2D eigenvalue weighted by Crippen LogP contribution is 2.27. The van der Waals surface area contributed by atoms with Crippen LogP contribution in [0.3, 0.4) is 0 Å². The molecule has 0 bridgehead atoms. The molecule has 0 radical (unpaired) electrons. The summed E-state index contributed by atoms with van der Waals surface area (Å²) in [5.74, 6) is 0.230. The zero-order chi connectivity index (χ0) is 17.5. The third kappa shape index (κ3) is 6.86. The summed E-state index contributed by atoms with van der Waals surface area (Å²) < 4.78 is 24.3. The molecule has 0 aliphatic heterocycles. The molecule has 1 aromatic carbocycles. The molecule has 1 rings (SSSR count). The summed E-state index contributed by atoms with van der Waals surface area (Å²) in [7, 11) is 1.52. The maximum Gasteiger partial charge on any atom is 0.407 e. The first kappa shape index (κ1) is 19.2. The Bertz CT molecular complexity index is 515. The van der Waals surface area contributed by atoms with E-state index in [0.717, 1.165) is 0 Å². The van der Waals surface area contributed by atoms with Crippen molar-refractivity contribution in [3.8, 4) is 5.75 Å². The smallest absolute Gasteiger partial charge is 0.407 e. The van der Waals surface area contributed by atoms with Gasteiger partial charge in [0.2, 0.25) is 0 Å². The summed E-state index contributed by atoms with van der Waals surface area (Å²) >= 11 is 0. The van der Waals surface area contributed by atoms with Crippen LogP contribution in [0.2, 0.25) is 0 Å². The van der Waals surface area contributed by atoms with E-state index < -0.39 is 11.7 Å². The van der Waals surface area contributed by atoms with Gasteiger partial charge in [-0.1, -0.05) is 6.07 Å². The van der Waals surface area contributed by atoms with Crippen molar-refractivity contribution >= 4 is 6.09 Å². The second-order valence-electron chi connectivity index (χ2n) is 6.31. The molecule has 0 aliphatic carbocycles. The van der Waals surface area contributed by atoms with Crippen LogP contribution in [0.15, 0.2) is 18.2 Å². The molecular weight excluding hydrogens is 299 g/mol. The van der Waals surface area contributed by atoms with Gasteiger partial charge in [-0.3, -0.25) is 0 Å². The molecule has 0 saturated heterocycles. The molecule has 1 amide bonds. The molecule has 6 heteroatoms. The minimum absolute atomic E-state index is 0.187. The maximum absolute atomic E-state index is 13.9. The van der Waals surface area contributed by atoms with Crippen LogP contribution >= 0.6 is 0 Å². The van der Waals surface area contributed by atoms with Crippen LogP contribution in [0.4, 0.5) is 9.18 Å². The minimum Gasteiger partial charge on any atom is -0.496 e. The number of benzene rings is 1. The van der Waals surface area contributed by atoms with Crippen molar-refractivity contribution in [2.45, 2.75) is 45.8 Å². The number of rotatable bonds is 7. The summed E-state index contributed by atoms with van der Waals surface area (Å²) in [4.78, 5) is 11.5. The monoisotopic (exact) mass is 326 g/mol. The molecule has 130 valence electrons. The molecule has 0 aliphatic rings. The quantitative estimate of drug-likeness (QED) is 0.754. The molecule has 0 spiro atoms. The van der Waals surface area contributed by atoms with Gasteiger partial charge in [0.25, 0.3) is 0 Å². The van der Waals surface area contributed by atoms with Gasteiger partial charge in [-0.2, -0.15) is 0 Å². The molecular formula is C17H27FN2O3. The van der Waals surface area contributed by atoms with Crippen molar-refractivity contribution in [1.29, 1.82) is 0 Å². The van der Waals surface area contributed by atoms with Crippen molar-refractivity contribution < 1.29 is 18.7 Å². The number of carbonyl (C=O) groups is 1. The van der Waals surface area contributed by atoms with Crippen LogP contribution in [0.1, 0.15) is 45.7 Å². The maximum atomic E-state index is 13.9. The van der Waals surface area contributed by atoms with Gasteiger partial charge in [0.05, 0.1) is 7.11 Å². The van der Waals surface area contributed by atoms with Crippen LogP contribution < -0.4 is 15.4 Å². The Kier molecular flexibility index (Phi) is 7.29. The first-order chi connectivity index (χ1) is 10.7. The van der Waals surface area contributed by atoms with Gasteiger partial charge in [0.1, 0.15) is 17.2 Å². The van der Waals surface area contributed by atoms with Gasteiger partial charge in [0, 0.05) is 18.2 Å². The fraction of sp³-hybridized carbons (Fsp3) is 0.588. The molecule has 0 saturated carbocycles. The molecule has 0 heterocycles. The number of methoxy groups -OCH3 is 1. The van der Waals surface area contributed by atoms with E-state index in [4.69, 9.17) is 9.47 Å². The highest BCUT2D eigenvalue weighted by Gasteiger charge is 2.17. The van der Waals surface area contributed by atoms with Crippen molar-refractivity contribution in [1.82, 2.24) is 10.6 Å². The van der Waals surface area contributed by atoms with E-state index in [9.17, 15) is 9.18 Å². The number of amides is 1. The van der Waals surface area contributed by atoms with E-state index in [1.807, 2.05) is 27.7 Å². The third-order valence-corrected chi connectivity index (χ3v) is 3.14. The molecule has 2 N–H and O–H groups in total. The van der Waals surface area contributed by atoms with Crippen molar-refractivity contribution in [2.24, 2.45) is 0 Å². The number of hydrogen-bond acceptors (Lipinski definition) is 4. The van der Waals surface area contributed by atoms with Gasteiger partial charge in [-0.25, -0.2) is 9.18 Å². The number of carbonyl (C=O) groups excluding carboxylic acids is 1. The largest absolute Gasteiger partial charge is 0.496 e. The lowest BCUT2D eigenvalue weighted by Crippen LogP contribution is -2.34. The Morgan fingerprint density at radius 3 is 2.61 bits per heavy atom. The topological polar surface area (TPSA) is 59.6 Å². The van der Waals surface area contributed by atoms with Gasteiger partial charge in [-0.15, -0.1) is 0 Å². The van der Waals surface area contributed by atoms with E-state index in [-0.39, 0.29) is 11.9 Å². The first-order valence-electron chi connectivity index (χ1n) is 7.77. The van der Waals surface area contributed by atoms with Crippen LogP contribution in [0, 0.1) is 5.82 Å². The lowest BCUT2D eigenvalue weighted by atomic mass is 10.1. The Balaban J connectivity index is 2.35. The van der Waals surface area contributed by atoms with E-state index >= 15 is 0 Å². The van der Waals surface area contributed by atoms with Gasteiger partial charge in [-0.05, 0) is 52.8 Å². The zero-order valence-electron chi connectivity index (χ0n) is 14.5. The zero-order valence-corrected chi connectivity index (χ0v) is 14.5. The Hall–Kier alpha value is -1.82. The van der Waals surface area contributed by atoms with Crippen molar-refractivity contribution in [3.63, 3.8) is 0 Å². The fourth-order valence-corrected chi connectivity index (χ4v) is 2.13. The van der Waals surface area contributed by atoms with Crippen LogP contribution in [-0.2, 0) is 4.74 Å². The number of hydrogen-bond donors (Lipinski definition) is 2.